The number of fused-ring (bicyclic) bond motifs is 1. The zero-order chi connectivity index (χ0) is 13.1. The lowest BCUT2D eigenvalue weighted by Crippen LogP contribution is -2.47. The number of aryl methyl sites for hydroxylation is 1. The number of hydrazine groups is 1. The number of nitrogens with two attached hydrogens (primary N) is 1. The fourth-order valence-corrected chi connectivity index (χ4v) is 2.61. The van der Waals surface area contributed by atoms with Crippen LogP contribution in [-0.4, -0.2) is 18.5 Å². The number of carbonyl (C=O) groups excluding carboxylic acids is 1. The molecule has 0 aromatic heterocycles. The monoisotopic (exact) mass is 247 g/mol. The molecule has 2 rings (SSSR count). The number of anilines is 1. The van der Waals surface area contributed by atoms with Crippen molar-refractivity contribution >= 4 is 11.6 Å². The molecule has 1 aromatic rings. The number of nitrogens with one attached hydrogen (secondary N) is 1. The summed E-state index contributed by atoms with van der Waals surface area (Å²) >= 11 is 0. The Morgan fingerprint density at radius 3 is 2.83 bits per heavy atom. The van der Waals surface area contributed by atoms with E-state index >= 15 is 0 Å². The van der Waals surface area contributed by atoms with E-state index in [1.807, 2.05) is 6.92 Å². The van der Waals surface area contributed by atoms with Gasteiger partial charge in [-0.25, -0.2) is 5.84 Å². The van der Waals surface area contributed by atoms with E-state index in [2.05, 4.69) is 41.5 Å². The van der Waals surface area contributed by atoms with Crippen LogP contribution in [0.3, 0.4) is 0 Å². The second kappa shape index (κ2) is 5.40. The van der Waals surface area contributed by atoms with Crippen LogP contribution in [-0.2, 0) is 11.2 Å². The predicted octanol–water partition coefficient (Wildman–Crippen LogP) is 1.45. The predicted molar refractivity (Wildman–Crippen MR) is 73.1 cm³/mol. The fourth-order valence-electron chi connectivity index (χ4n) is 2.61. The summed E-state index contributed by atoms with van der Waals surface area (Å²) in [6.07, 6.45) is 2.26. The van der Waals surface area contributed by atoms with Gasteiger partial charge >= 0.3 is 0 Å². The first-order chi connectivity index (χ1) is 8.65. The molecule has 0 radical (unpaired) electrons. The van der Waals surface area contributed by atoms with Gasteiger partial charge in [-0.15, -0.1) is 0 Å². The van der Waals surface area contributed by atoms with E-state index in [9.17, 15) is 4.79 Å². The van der Waals surface area contributed by atoms with Crippen LogP contribution in [0.1, 0.15) is 25.8 Å². The molecule has 1 aliphatic rings. The van der Waals surface area contributed by atoms with Crippen LogP contribution >= 0.6 is 0 Å². The third kappa shape index (κ3) is 2.34. The van der Waals surface area contributed by atoms with Crippen molar-refractivity contribution in [1.29, 1.82) is 0 Å². The van der Waals surface area contributed by atoms with E-state index in [0.717, 1.165) is 19.4 Å². The molecule has 2 atom stereocenters. The largest absolute Gasteiger partial charge is 0.368 e. The summed E-state index contributed by atoms with van der Waals surface area (Å²) in [5.74, 6) is 4.99. The summed E-state index contributed by atoms with van der Waals surface area (Å²) in [5.41, 5.74) is 4.87. The van der Waals surface area contributed by atoms with Crippen molar-refractivity contribution in [3.63, 3.8) is 0 Å². The van der Waals surface area contributed by atoms with Crippen LogP contribution in [0.25, 0.3) is 0 Å². The van der Waals surface area contributed by atoms with Gasteiger partial charge in [0.05, 0.1) is 5.92 Å². The highest BCUT2D eigenvalue weighted by Crippen LogP contribution is 2.30. The van der Waals surface area contributed by atoms with Crippen LogP contribution in [0.5, 0.6) is 0 Å². The minimum Gasteiger partial charge on any atom is -0.368 e. The number of hydrogen-bond acceptors (Lipinski definition) is 3. The fraction of sp³-hybridized carbons (Fsp3) is 0.500. The third-order valence-corrected chi connectivity index (χ3v) is 3.92. The summed E-state index contributed by atoms with van der Waals surface area (Å²) in [6.45, 7) is 5.01. The smallest absolute Gasteiger partial charge is 0.238 e. The number of rotatable bonds is 3. The molecular formula is C14H21N3O. The van der Waals surface area contributed by atoms with Gasteiger partial charge in [-0.2, -0.15) is 0 Å². The Labute approximate surface area is 108 Å². The molecule has 1 heterocycles. The van der Waals surface area contributed by atoms with E-state index in [-0.39, 0.29) is 17.9 Å². The van der Waals surface area contributed by atoms with Crippen molar-refractivity contribution in [1.82, 2.24) is 5.43 Å². The third-order valence-electron chi connectivity index (χ3n) is 3.92. The molecule has 4 nitrogen and oxygen atoms in total. The van der Waals surface area contributed by atoms with Crippen LogP contribution in [0.15, 0.2) is 24.3 Å². The molecule has 98 valence electrons. The zero-order valence-corrected chi connectivity index (χ0v) is 11.0. The molecule has 2 unspecified atom stereocenters. The molecule has 0 aliphatic carbocycles. The lowest BCUT2D eigenvalue weighted by molar-refractivity contribution is -0.125. The maximum atomic E-state index is 11.6. The van der Waals surface area contributed by atoms with E-state index in [0.29, 0.717) is 0 Å². The number of nitrogens with zero attached hydrogens (tertiary/aromatic N) is 1. The van der Waals surface area contributed by atoms with Gasteiger partial charge in [0, 0.05) is 18.3 Å². The van der Waals surface area contributed by atoms with Crippen molar-refractivity contribution < 1.29 is 4.79 Å². The van der Waals surface area contributed by atoms with Gasteiger partial charge in [-0.3, -0.25) is 10.2 Å². The van der Waals surface area contributed by atoms with Crippen LogP contribution in [0.2, 0.25) is 0 Å². The summed E-state index contributed by atoms with van der Waals surface area (Å²) in [4.78, 5) is 14.0. The molecule has 0 saturated heterocycles. The van der Waals surface area contributed by atoms with Crippen molar-refractivity contribution in [2.75, 3.05) is 11.4 Å². The molecule has 18 heavy (non-hydrogen) atoms. The molecule has 3 N–H and O–H groups in total. The second-order valence-electron chi connectivity index (χ2n) is 4.96. The summed E-state index contributed by atoms with van der Waals surface area (Å²) < 4.78 is 0. The lowest BCUT2D eigenvalue weighted by Gasteiger charge is -2.38. The van der Waals surface area contributed by atoms with Gasteiger partial charge in [0.2, 0.25) is 5.91 Å². The summed E-state index contributed by atoms with van der Waals surface area (Å²) in [7, 11) is 0. The molecule has 1 aliphatic heterocycles. The highest BCUT2D eigenvalue weighted by molar-refractivity contribution is 5.79. The Bertz CT molecular complexity index is 433. The number of benzene rings is 1. The first-order valence-corrected chi connectivity index (χ1v) is 6.50. The molecule has 0 spiro atoms. The van der Waals surface area contributed by atoms with Gasteiger partial charge in [0.1, 0.15) is 0 Å². The van der Waals surface area contributed by atoms with Crippen molar-refractivity contribution in [2.24, 2.45) is 11.8 Å². The van der Waals surface area contributed by atoms with Gasteiger partial charge < -0.3 is 4.90 Å². The Morgan fingerprint density at radius 1 is 1.39 bits per heavy atom. The minimum atomic E-state index is -0.124. The van der Waals surface area contributed by atoms with E-state index in [1.165, 1.54) is 11.3 Å². The van der Waals surface area contributed by atoms with Gasteiger partial charge in [0.15, 0.2) is 0 Å². The first kappa shape index (κ1) is 12.9. The highest BCUT2D eigenvalue weighted by Gasteiger charge is 2.28. The number of para-hydroxylation sites is 1. The van der Waals surface area contributed by atoms with E-state index in [1.54, 1.807) is 0 Å². The summed E-state index contributed by atoms with van der Waals surface area (Å²) in [5, 5.41) is 0. The lowest BCUT2D eigenvalue weighted by atomic mass is 9.95. The number of carbonyl (C=O) groups is 1. The van der Waals surface area contributed by atoms with E-state index in [4.69, 9.17) is 5.84 Å². The molecule has 0 saturated carbocycles. The highest BCUT2D eigenvalue weighted by atomic mass is 16.2. The topological polar surface area (TPSA) is 58.4 Å². The molecule has 4 heteroatoms. The maximum Gasteiger partial charge on any atom is 0.238 e. The van der Waals surface area contributed by atoms with Crippen LogP contribution in [0.4, 0.5) is 5.69 Å². The second-order valence-corrected chi connectivity index (χ2v) is 4.96. The van der Waals surface area contributed by atoms with Gasteiger partial charge in [0.25, 0.3) is 0 Å². The molecule has 1 amide bonds. The number of hydrogen-bond donors (Lipinski definition) is 2. The first-order valence-electron chi connectivity index (χ1n) is 6.50. The summed E-state index contributed by atoms with van der Waals surface area (Å²) in [6, 6.07) is 8.58. The quantitative estimate of drug-likeness (QED) is 0.483. The Kier molecular flexibility index (Phi) is 3.87. The Balaban J connectivity index is 2.22. The SMILES string of the molecule is CC(C(=O)NN)C(C)N1CCCc2ccccc21. The molecule has 0 fully saturated rings. The maximum absolute atomic E-state index is 11.6. The molecule has 1 aromatic carbocycles. The van der Waals surface area contributed by atoms with Crippen LogP contribution in [0, 0.1) is 5.92 Å². The van der Waals surface area contributed by atoms with Crippen LogP contribution < -0.4 is 16.2 Å². The van der Waals surface area contributed by atoms with Gasteiger partial charge in [-0.05, 0) is 31.4 Å². The average molecular weight is 247 g/mol. The number of amides is 1. The Morgan fingerprint density at radius 2 is 2.11 bits per heavy atom. The standard InChI is InChI=1S/C14H21N3O/c1-10(14(18)16-15)11(2)17-9-5-7-12-6-3-4-8-13(12)17/h3-4,6,8,10-11H,5,7,9,15H2,1-2H3,(H,16,18). The van der Waals surface area contributed by atoms with Crippen molar-refractivity contribution in [2.45, 2.75) is 32.7 Å². The van der Waals surface area contributed by atoms with Crippen molar-refractivity contribution in [3.05, 3.63) is 29.8 Å². The van der Waals surface area contributed by atoms with Gasteiger partial charge in [-0.1, -0.05) is 25.1 Å². The normalized spacial score (nSPS) is 17.8. The zero-order valence-electron chi connectivity index (χ0n) is 11.0. The molecule has 0 bridgehead atoms. The average Bonchev–Trinajstić information content (AvgIpc) is 2.44. The minimum absolute atomic E-state index is 0.106. The van der Waals surface area contributed by atoms with E-state index < -0.39 is 0 Å². The molecular weight excluding hydrogens is 226 g/mol. The Hall–Kier alpha value is -1.55. The van der Waals surface area contributed by atoms with Crippen molar-refractivity contribution in [3.8, 4) is 0 Å².